The lowest BCUT2D eigenvalue weighted by molar-refractivity contribution is -0.122. The zero-order valence-electron chi connectivity index (χ0n) is 13.6. The van der Waals surface area contributed by atoms with Crippen LogP contribution in [0.4, 0.5) is 0 Å². The van der Waals surface area contributed by atoms with E-state index in [2.05, 4.69) is 42.3 Å². The predicted octanol–water partition coefficient (Wildman–Crippen LogP) is 2.51. The molecule has 120 valence electrons. The Morgan fingerprint density at radius 1 is 1.26 bits per heavy atom. The van der Waals surface area contributed by atoms with E-state index in [0.29, 0.717) is 0 Å². The molecule has 1 aromatic rings. The first-order valence-electron chi connectivity index (χ1n) is 8.04. The minimum absolute atomic E-state index is 0.171. The molecular formula is C19H23N3O. The molecular weight excluding hydrogens is 286 g/mol. The third kappa shape index (κ3) is 3.02. The summed E-state index contributed by atoms with van der Waals surface area (Å²) in [7, 11) is 0. The average molecular weight is 309 g/mol. The van der Waals surface area contributed by atoms with Gasteiger partial charge in [0.15, 0.2) is 0 Å². The summed E-state index contributed by atoms with van der Waals surface area (Å²) in [6.07, 6.45) is 8.11. The molecule has 0 spiro atoms. The highest BCUT2D eigenvalue weighted by molar-refractivity contribution is 5.79. The molecule has 1 aromatic carbocycles. The van der Waals surface area contributed by atoms with Crippen LogP contribution in [0.2, 0.25) is 0 Å². The quantitative estimate of drug-likeness (QED) is 0.898. The summed E-state index contributed by atoms with van der Waals surface area (Å²) in [5.41, 5.74) is 7.83. The average Bonchev–Trinajstić information content (AvgIpc) is 2.56. The Morgan fingerprint density at radius 2 is 2.00 bits per heavy atom. The van der Waals surface area contributed by atoms with Crippen molar-refractivity contribution in [1.82, 2.24) is 10.2 Å². The number of carbonyl (C=O) groups excluding carboxylic acids is 1. The summed E-state index contributed by atoms with van der Waals surface area (Å²) in [6.45, 7) is 5.00. The third-order valence-corrected chi connectivity index (χ3v) is 4.79. The summed E-state index contributed by atoms with van der Waals surface area (Å²) in [5, 5.41) is 3.51. The van der Waals surface area contributed by atoms with Crippen LogP contribution in [0.25, 0.3) is 0 Å². The number of fused-ring (bicyclic) bond motifs is 1. The number of nitrogens with two attached hydrogens (primary N) is 1. The largest absolute Gasteiger partial charge is 0.369 e. The van der Waals surface area contributed by atoms with E-state index >= 15 is 0 Å². The van der Waals surface area contributed by atoms with Crippen molar-refractivity contribution in [2.75, 3.05) is 0 Å². The molecule has 3 unspecified atom stereocenters. The van der Waals surface area contributed by atoms with Crippen LogP contribution < -0.4 is 11.1 Å². The number of hydrogen-bond acceptors (Lipinski definition) is 3. The molecule has 0 radical (unpaired) electrons. The van der Waals surface area contributed by atoms with Crippen molar-refractivity contribution < 1.29 is 4.79 Å². The highest BCUT2D eigenvalue weighted by Gasteiger charge is 2.36. The van der Waals surface area contributed by atoms with E-state index in [9.17, 15) is 4.79 Å². The van der Waals surface area contributed by atoms with Gasteiger partial charge in [0.25, 0.3) is 0 Å². The molecule has 0 aliphatic carbocycles. The number of primary amides is 1. The van der Waals surface area contributed by atoms with Crippen molar-refractivity contribution in [2.24, 2.45) is 17.6 Å². The van der Waals surface area contributed by atoms with Crippen molar-refractivity contribution in [2.45, 2.75) is 26.4 Å². The maximum atomic E-state index is 11.7. The van der Waals surface area contributed by atoms with Gasteiger partial charge in [-0.3, -0.25) is 4.79 Å². The summed E-state index contributed by atoms with van der Waals surface area (Å²) in [4.78, 5) is 13.9. The number of allylic oxidation sites excluding steroid dienone is 3. The summed E-state index contributed by atoms with van der Waals surface area (Å²) in [6, 6.07) is 10.5. The van der Waals surface area contributed by atoms with Crippen LogP contribution in [0.15, 0.2) is 66.2 Å². The van der Waals surface area contributed by atoms with Crippen LogP contribution in [-0.4, -0.2) is 16.8 Å². The monoisotopic (exact) mass is 309 g/mol. The van der Waals surface area contributed by atoms with Crippen LogP contribution in [0.3, 0.4) is 0 Å². The fourth-order valence-corrected chi connectivity index (χ4v) is 3.27. The van der Waals surface area contributed by atoms with Gasteiger partial charge < -0.3 is 16.0 Å². The fourth-order valence-electron chi connectivity index (χ4n) is 3.27. The van der Waals surface area contributed by atoms with Gasteiger partial charge in [0, 0.05) is 18.3 Å². The van der Waals surface area contributed by atoms with Crippen LogP contribution in [0, 0.1) is 11.8 Å². The topological polar surface area (TPSA) is 58.4 Å². The summed E-state index contributed by atoms with van der Waals surface area (Å²) >= 11 is 0. The van der Waals surface area contributed by atoms with E-state index in [1.807, 2.05) is 36.4 Å². The maximum Gasteiger partial charge on any atom is 0.224 e. The number of amides is 1. The number of rotatable bonds is 4. The Hall–Kier alpha value is -2.49. The smallest absolute Gasteiger partial charge is 0.224 e. The molecule has 23 heavy (non-hydrogen) atoms. The molecule has 2 aliphatic rings. The number of benzene rings is 1. The van der Waals surface area contributed by atoms with E-state index in [0.717, 1.165) is 18.1 Å². The number of carbonyl (C=O) groups is 1. The van der Waals surface area contributed by atoms with Gasteiger partial charge in [-0.2, -0.15) is 0 Å². The lowest BCUT2D eigenvalue weighted by Gasteiger charge is -2.44. The van der Waals surface area contributed by atoms with Gasteiger partial charge in [-0.15, -0.1) is 0 Å². The summed E-state index contributed by atoms with van der Waals surface area (Å²) < 4.78 is 0. The fraction of sp³-hybridized carbons (Fsp3) is 0.316. The Labute approximate surface area is 137 Å². The zero-order chi connectivity index (χ0) is 16.4. The molecule has 3 atom stereocenters. The highest BCUT2D eigenvalue weighted by atomic mass is 16.1. The Balaban J connectivity index is 1.81. The van der Waals surface area contributed by atoms with E-state index in [-0.39, 0.29) is 23.8 Å². The van der Waals surface area contributed by atoms with Crippen molar-refractivity contribution in [3.05, 3.63) is 71.7 Å². The molecule has 2 heterocycles. The lowest BCUT2D eigenvalue weighted by Crippen LogP contribution is -2.48. The second-order valence-corrected chi connectivity index (χ2v) is 6.24. The van der Waals surface area contributed by atoms with Gasteiger partial charge in [0.2, 0.25) is 5.91 Å². The minimum Gasteiger partial charge on any atom is -0.369 e. The van der Waals surface area contributed by atoms with Crippen LogP contribution in [0.5, 0.6) is 0 Å². The van der Waals surface area contributed by atoms with E-state index in [4.69, 9.17) is 5.73 Å². The number of hydrogen-bond donors (Lipinski definition) is 2. The van der Waals surface area contributed by atoms with Crippen molar-refractivity contribution >= 4 is 5.91 Å². The highest BCUT2D eigenvalue weighted by Crippen LogP contribution is 2.35. The van der Waals surface area contributed by atoms with Gasteiger partial charge in [-0.05, 0) is 36.6 Å². The maximum absolute atomic E-state index is 11.7. The van der Waals surface area contributed by atoms with Crippen LogP contribution in [-0.2, 0) is 11.3 Å². The second-order valence-electron chi connectivity index (χ2n) is 6.24. The van der Waals surface area contributed by atoms with Gasteiger partial charge >= 0.3 is 0 Å². The predicted molar refractivity (Wildman–Crippen MR) is 91.7 cm³/mol. The van der Waals surface area contributed by atoms with Crippen LogP contribution >= 0.6 is 0 Å². The van der Waals surface area contributed by atoms with Crippen LogP contribution in [0.1, 0.15) is 19.4 Å². The zero-order valence-corrected chi connectivity index (χ0v) is 13.6. The molecule has 0 fully saturated rings. The molecule has 0 bridgehead atoms. The normalized spacial score (nSPS) is 26.2. The molecule has 3 rings (SSSR count). The Kier molecular flexibility index (Phi) is 4.24. The lowest BCUT2D eigenvalue weighted by atomic mass is 9.82. The first kappa shape index (κ1) is 15.4. The van der Waals surface area contributed by atoms with Crippen molar-refractivity contribution in [3.8, 4) is 0 Å². The third-order valence-electron chi connectivity index (χ3n) is 4.79. The standard InChI is InChI=1S/C19H23N3O/c1-13-14(2)22-16(11-17(13)19(20)23)9-6-10-18(22)21-12-15-7-4-3-5-8-15/h3-11,13-14,17,21H,12H2,1-2H3,(H2,20,23). The van der Waals surface area contributed by atoms with Gasteiger partial charge in [0.1, 0.15) is 5.82 Å². The number of nitrogens with zero attached hydrogens (tertiary/aromatic N) is 1. The van der Waals surface area contributed by atoms with Gasteiger partial charge in [0.05, 0.1) is 5.92 Å². The summed E-state index contributed by atoms with van der Waals surface area (Å²) in [5.74, 6) is 0.766. The minimum atomic E-state index is -0.252. The molecule has 0 saturated heterocycles. The van der Waals surface area contributed by atoms with Gasteiger partial charge in [-0.1, -0.05) is 43.3 Å². The van der Waals surface area contributed by atoms with Gasteiger partial charge in [-0.25, -0.2) is 0 Å². The molecule has 1 amide bonds. The Bertz CT molecular complexity index is 675. The van der Waals surface area contributed by atoms with Crippen molar-refractivity contribution in [1.29, 1.82) is 0 Å². The molecule has 0 aromatic heterocycles. The van der Waals surface area contributed by atoms with E-state index < -0.39 is 0 Å². The molecule has 4 heteroatoms. The molecule has 3 N–H and O–H groups in total. The van der Waals surface area contributed by atoms with E-state index in [1.165, 1.54) is 5.56 Å². The van der Waals surface area contributed by atoms with Crippen molar-refractivity contribution in [3.63, 3.8) is 0 Å². The second kappa shape index (κ2) is 6.32. The Morgan fingerprint density at radius 3 is 2.70 bits per heavy atom. The SMILES string of the molecule is CC1C(C(N)=O)C=C2C=CC=C(NCc3ccccc3)N2C1C. The first-order valence-corrected chi connectivity index (χ1v) is 8.04. The molecule has 0 saturated carbocycles. The first-order chi connectivity index (χ1) is 11.1. The van der Waals surface area contributed by atoms with E-state index in [1.54, 1.807) is 0 Å². The molecule has 2 aliphatic heterocycles. The number of nitrogens with one attached hydrogen (secondary N) is 1. The molecule has 4 nitrogen and oxygen atoms in total.